The van der Waals surface area contributed by atoms with Gasteiger partial charge in [-0.1, -0.05) is 16.8 Å². The number of piperidine rings is 1. The fourth-order valence-electron chi connectivity index (χ4n) is 2.99. The number of nitrogens with one attached hydrogen (secondary N) is 1. The minimum atomic E-state index is -4.48. The quantitative estimate of drug-likeness (QED) is 0.846. The summed E-state index contributed by atoms with van der Waals surface area (Å²) in [4.78, 5) is 18.0. The highest BCUT2D eigenvalue weighted by atomic mass is 35.5. The zero-order valence-corrected chi connectivity index (χ0v) is 15.3. The molecule has 0 aromatic carbocycles. The first kappa shape index (κ1) is 19.5. The summed E-state index contributed by atoms with van der Waals surface area (Å²) in [7, 11) is 0. The summed E-state index contributed by atoms with van der Waals surface area (Å²) in [6.07, 6.45) is -2.59. The van der Waals surface area contributed by atoms with Gasteiger partial charge in [0.1, 0.15) is 5.82 Å². The molecule has 146 valence electrons. The van der Waals surface area contributed by atoms with E-state index in [1.54, 1.807) is 17.9 Å². The van der Waals surface area contributed by atoms with Gasteiger partial charge in [-0.05, 0) is 25.8 Å². The molecule has 0 radical (unpaired) electrons. The fraction of sp³-hybridized carbons (Fsp3) is 0.471. The van der Waals surface area contributed by atoms with Crippen LogP contribution in [-0.2, 0) is 17.5 Å². The van der Waals surface area contributed by atoms with Gasteiger partial charge in [-0.3, -0.25) is 4.79 Å². The number of anilines is 1. The Kier molecular flexibility index (Phi) is 5.59. The summed E-state index contributed by atoms with van der Waals surface area (Å²) in [5, 5.41) is 6.52. The van der Waals surface area contributed by atoms with Crippen LogP contribution in [0.4, 0.5) is 19.0 Å². The van der Waals surface area contributed by atoms with Crippen molar-refractivity contribution in [3.8, 4) is 0 Å². The number of carbonyl (C=O) groups is 1. The van der Waals surface area contributed by atoms with Crippen molar-refractivity contribution in [2.24, 2.45) is 5.92 Å². The molecule has 2 aromatic heterocycles. The Morgan fingerprint density at radius 1 is 1.37 bits per heavy atom. The number of carbonyl (C=O) groups excluding carboxylic acids is 1. The van der Waals surface area contributed by atoms with Gasteiger partial charge in [0.25, 0.3) is 0 Å². The van der Waals surface area contributed by atoms with Crippen molar-refractivity contribution in [3.63, 3.8) is 0 Å². The minimum absolute atomic E-state index is 0.0478. The van der Waals surface area contributed by atoms with Gasteiger partial charge in [0.2, 0.25) is 5.91 Å². The Balaban J connectivity index is 1.54. The first-order chi connectivity index (χ1) is 12.7. The number of amides is 1. The third-order valence-electron chi connectivity index (χ3n) is 4.43. The van der Waals surface area contributed by atoms with Crippen LogP contribution in [0.3, 0.4) is 0 Å². The number of alkyl halides is 3. The van der Waals surface area contributed by atoms with Crippen LogP contribution in [0.1, 0.15) is 29.9 Å². The normalized spacial score (nSPS) is 15.8. The number of hydrogen-bond donors (Lipinski definition) is 1. The smallest absolute Gasteiger partial charge is 0.359 e. The second-order valence-electron chi connectivity index (χ2n) is 6.44. The molecular formula is C17H18ClF3N4O2. The van der Waals surface area contributed by atoms with E-state index in [1.165, 1.54) is 0 Å². The predicted molar refractivity (Wildman–Crippen MR) is 92.3 cm³/mol. The second kappa shape index (κ2) is 7.75. The molecule has 1 N–H and O–H groups in total. The monoisotopic (exact) mass is 402 g/mol. The standard InChI is InChI=1S/C17H18ClF3N4O2/c1-10-6-13(27-24-10)9-23-16(26)11-2-4-25(5-3-11)15-14(18)7-12(8-22-15)17(19,20)21/h6-8,11H,2-5,9H2,1H3,(H,23,26). The van der Waals surface area contributed by atoms with Gasteiger partial charge in [0.15, 0.2) is 5.76 Å². The molecule has 1 aliphatic rings. The number of rotatable bonds is 4. The van der Waals surface area contributed by atoms with Crippen molar-refractivity contribution >= 4 is 23.3 Å². The van der Waals surface area contributed by atoms with E-state index in [-0.39, 0.29) is 23.4 Å². The van der Waals surface area contributed by atoms with Crippen molar-refractivity contribution in [1.82, 2.24) is 15.5 Å². The van der Waals surface area contributed by atoms with Crippen molar-refractivity contribution in [1.29, 1.82) is 0 Å². The number of pyridine rings is 1. The molecule has 3 rings (SSSR count). The molecule has 0 bridgehead atoms. The predicted octanol–water partition coefficient (Wildman–Crippen LogP) is 3.58. The van der Waals surface area contributed by atoms with Gasteiger partial charge >= 0.3 is 6.18 Å². The maximum absolute atomic E-state index is 12.7. The lowest BCUT2D eigenvalue weighted by Crippen LogP contribution is -2.40. The van der Waals surface area contributed by atoms with Gasteiger partial charge in [-0.15, -0.1) is 0 Å². The zero-order valence-electron chi connectivity index (χ0n) is 14.5. The van der Waals surface area contributed by atoms with Crippen LogP contribution < -0.4 is 10.2 Å². The van der Waals surface area contributed by atoms with E-state index in [0.29, 0.717) is 37.5 Å². The van der Waals surface area contributed by atoms with Crippen LogP contribution in [0.15, 0.2) is 22.9 Å². The van der Waals surface area contributed by atoms with Gasteiger partial charge in [-0.2, -0.15) is 13.2 Å². The van der Waals surface area contributed by atoms with Crippen molar-refractivity contribution in [3.05, 3.63) is 40.4 Å². The molecule has 0 unspecified atom stereocenters. The topological polar surface area (TPSA) is 71.3 Å². The molecule has 2 aromatic rings. The van der Waals surface area contributed by atoms with Crippen LogP contribution in [-0.4, -0.2) is 29.1 Å². The van der Waals surface area contributed by atoms with Gasteiger partial charge in [0, 0.05) is 31.3 Å². The lowest BCUT2D eigenvalue weighted by Gasteiger charge is -2.32. The molecule has 1 fully saturated rings. The average molecular weight is 403 g/mol. The summed E-state index contributed by atoms with van der Waals surface area (Å²) < 4.78 is 43.2. The molecule has 0 atom stereocenters. The van der Waals surface area contributed by atoms with Crippen LogP contribution in [0.5, 0.6) is 0 Å². The molecule has 6 nitrogen and oxygen atoms in total. The highest BCUT2D eigenvalue weighted by Crippen LogP contribution is 2.34. The minimum Gasteiger partial charge on any atom is -0.359 e. The summed E-state index contributed by atoms with van der Waals surface area (Å²) in [5.41, 5.74) is -0.137. The first-order valence-electron chi connectivity index (χ1n) is 8.41. The Morgan fingerprint density at radius 2 is 2.07 bits per heavy atom. The molecule has 1 saturated heterocycles. The van der Waals surface area contributed by atoms with Crippen molar-refractivity contribution < 1.29 is 22.5 Å². The molecule has 3 heterocycles. The highest BCUT2D eigenvalue weighted by molar-refractivity contribution is 6.33. The van der Waals surface area contributed by atoms with Crippen LogP contribution in [0, 0.1) is 12.8 Å². The zero-order chi connectivity index (χ0) is 19.6. The van der Waals surface area contributed by atoms with E-state index in [9.17, 15) is 18.0 Å². The summed E-state index contributed by atoms with van der Waals surface area (Å²) in [5.74, 6) is 0.619. The lowest BCUT2D eigenvalue weighted by molar-refractivity contribution is -0.137. The average Bonchev–Trinajstić information content (AvgIpc) is 3.04. The van der Waals surface area contributed by atoms with Crippen LogP contribution >= 0.6 is 11.6 Å². The van der Waals surface area contributed by atoms with E-state index >= 15 is 0 Å². The van der Waals surface area contributed by atoms with E-state index in [2.05, 4.69) is 15.5 Å². The van der Waals surface area contributed by atoms with E-state index in [1.807, 2.05) is 0 Å². The van der Waals surface area contributed by atoms with Crippen LogP contribution in [0.25, 0.3) is 0 Å². The van der Waals surface area contributed by atoms with Crippen molar-refractivity contribution in [2.75, 3.05) is 18.0 Å². The maximum atomic E-state index is 12.7. The van der Waals surface area contributed by atoms with E-state index < -0.39 is 11.7 Å². The molecule has 0 saturated carbocycles. The summed E-state index contributed by atoms with van der Waals surface area (Å²) in [6, 6.07) is 2.63. The van der Waals surface area contributed by atoms with E-state index in [4.69, 9.17) is 16.1 Å². The molecule has 0 aliphatic carbocycles. The molecule has 0 spiro atoms. The summed E-state index contributed by atoms with van der Waals surface area (Å²) in [6.45, 7) is 3.03. The number of aromatic nitrogens is 2. The maximum Gasteiger partial charge on any atom is 0.417 e. The van der Waals surface area contributed by atoms with Gasteiger partial charge in [-0.25, -0.2) is 4.98 Å². The number of halogens is 4. The first-order valence-corrected chi connectivity index (χ1v) is 8.79. The highest BCUT2D eigenvalue weighted by Gasteiger charge is 2.33. The molecule has 27 heavy (non-hydrogen) atoms. The molecule has 10 heteroatoms. The molecule has 1 amide bonds. The second-order valence-corrected chi connectivity index (χ2v) is 6.85. The fourth-order valence-corrected chi connectivity index (χ4v) is 3.28. The largest absolute Gasteiger partial charge is 0.417 e. The van der Waals surface area contributed by atoms with Gasteiger partial charge in [0.05, 0.1) is 22.8 Å². The third kappa shape index (κ3) is 4.71. The molecule has 1 aliphatic heterocycles. The Morgan fingerprint density at radius 3 is 2.63 bits per heavy atom. The summed E-state index contributed by atoms with van der Waals surface area (Å²) >= 11 is 5.99. The number of aryl methyl sites for hydroxylation is 1. The van der Waals surface area contributed by atoms with Gasteiger partial charge < -0.3 is 14.7 Å². The third-order valence-corrected chi connectivity index (χ3v) is 4.71. The molecular weight excluding hydrogens is 385 g/mol. The lowest BCUT2D eigenvalue weighted by atomic mass is 9.96. The Bertz CT molecular complexity index is 817. The Labute approximate surface area is 158 Å². The number of hydrogen-bond acceptors (Lipinski definition) is 5. The van der Waals surface area contributed by atoms with Crippen LogP contribution in [0.2, 0.25) is 5.02 Å². The Hall–Kier alpha value is -2.29. The SMILES string of the molecule is Cc1cc(CNC(=O)C2CCN(c3ncc(C(F)(F)F)cc3Cl)CC2)on1. The van der Waals surface area contributed by atoms with E-state index in [0.717, 1.165) is 18.0 Å². The van der Waals surface area contributed by atoms with Crippen molar-refractivity contribution in [2.45, 2.75) is 32.5 Å². The number of nitrogens with zero attached hydrogens (tertiary/aromatic N) is 3.